The summed E-state index contributed by atoms with van der Waals surface area (Å²) in [6, 6.07) is 6.43. The fourth-order valence-electron chi connectivity index (χ4n) is 0.975. The minimum absolute atomic E-state index is 0.156. The monoisotopic (exact) mass is 181 g/mol. The smallest absolute Gasteiger partial charge is 0.337 e. The Labute approximate surface area is 75.3 Å². The van der Waals surface area contributed by atoms with Crippen LogP contribution in [0.5, 0.6) is 0 Å². The normalized spacial score (nSPS) is 10.1. The Morgan fingerprint density at radius 2 is 2.00 bits per heavy atom. The third kappa shape index (κ3) is 2.43. The van der Waals surface area contributed by atoms with Crippen molar-refractivity contribution < 1.29 is 9.90 Å². The van der Waals surface area contributed by atoms with Gasteiger partial charge in [-0.25, -0.2) is 4.79 Å². The zero-order valence-corrected chi connectivity index (χ0v) is 6.90. The summed E-state index contributed by atoms with van der Waals surface area (Å²) in [6.45, 7) is 0. The lowest BCUT2D eigenvalue weighted by molar-refractivity contribution is 0.0698. The Hall–Kier alpha value is -1.59. The Kier molecular flexibility index (Phi) is 2.84. The molecule has 1 rings (SSSR count). The van der Waals surface area contributed by atoms with Gasteiger partial charge in [0.25, 0.3) is 0 Å². The van der Waals surface area contributed by atoms with Crippen LogP contribution in [0.1, 0.15) is 10.4 Å². The molecule has 13 heavy (non-hydrogen) atoms. The first-order chi connectivity index (χ1) is 6.11. The number of hydrogen-bond acceptors (Lipinski definition) is 4. The van der Waals surface area contributed by atoms with Crippen LogP contribution in [-0.2, 0) is 0 Å². The van der Waals surface area contributed by atoms with Gasteiger partial charge in [-0.3, -0.25) is 11.5 Å². The number of para-hydroxylation sites is 1. The van der Waals surface area contributed by atoms with Crippen LogP contribution in [0.2, 0.25) is 0 Å². The third-order valence-corrected chi connectivity index (χ3v) is 1.48. The van der Waals surface area contributed by atoms with Crippen LogP contribution >= 0.6 is 0 Å². The van der Waals surface area contributed by atoms with Crippen LogP contribution in [0.4, 0.5) is 5.69 Å². The van der Waals surface area contributed by atoms with Crippen molar-refractivity contribution in [3.05, 3.63) is 29.8 Å². The van der Waals surface area contributed by atoms with Crippen LogP contribution in [0, 0.1) is 0 Å². The summed E-state index contributed by atoms with van der Waals surface area (Å²) in [5.41, 5.74) is 11.1. The van der Waals surface area contributed by atoms with E-state index in [1.54, 1.807) is 18.2 Å². The molecule has 5 nitrogen and oxygen atoms in total. The molecule has 0 aliphatic rings. The molecule has 0 spiro atoms. The number of carboxylic acid groups (broad SMARTS) is 1. The number of nitrogens with one attached hydrogen (secondary N) is 1. The Balaban J connectivity index is 2.98. The number of benzene rings is 1. The van der Waals surface area contributed by atoms with Gasteiger partial charge in [-0.2, -0.15) is 0 Å². The highest BCUT2D eigenvalue weighted by atomic mass is 16.4. The molecule has 0 atom stereocenters. The maximum atomic E-state index is 10.7. The molecule has 0 radical (unpaired) electrons. The van der Waals surface area contributed by atoms with Crippen molar-refractivity contribution in [1.29, 1.82) is 0 Å². The van der Waals surface area contributed by atoms with Crippen molar-refractivity contribution in [2.24, 2.45) is 11.5 Å². The highest BCUT2D eigenvalue weighted by Gasteiger charge is 2.08. The molecular weight excluding hydrogens is 170 g/mol. The van der Waals surface area contributed by atoms with Crippen molar-refractivity contribution in [3.63, 3.8) is 0 Å². The zero-order valence-electron chi connectivity index (χ0n) is 6.90. The van der Waals surface area contributed by atoms with Crippen LogP contribution in [0.15, 0.2) is 24.3 Å². The van der Waals surface area contributed by atoms with Crippen LogP contribution in [0.3, 0.4) is 0 Å². The molecular formula is C8H11N3O2. The minimum atomic E-state index is -1.01. The summed E-state index contributed by atoms with van der Waals surface area (Å²) in [7, 11) is 0. The molecule has 0 saturated carbocycles. The number of hydrogen-bond donors (Lipinski definition) is 4. The summed E-state index contributed by atoms with van der Waals surface area (Å²) >= 11 is 0. The van der Waals surface area contributed by atoms with E-state index in [4.69, 9.17) is 16.6 Å². The van der Waals surface area contributed by atoms with Gasteiger partial charge >= 0.3 is 5.97 Å². The van der Waals surface area contributed by atoms with Gasteiger partial charge in [0.1, 0.15) is 6.29 Å². The van der Waals surface area contributed by atoms with Gasteiger partial charge in [0.2, 0.25) is 0 Å². The van der Waals surface area contributed by atoms with E-state index < -0.39 is 12.3 Å². The lowest BCUT2D eigenvalue weighted by Gasteiger charge is -2.11. The average molecular weight is 181 g/mol. The topological polar surface area (TPSA) is 101 Å². The first-order valence-corrected chi connectivity index (χ1v) is 3.71. The number of anilines is 1. The molecule has 0 heterocycles. The molecule has 0 fully saturated rings. The molecule has 0 amide bonds. The van der Waals surface area contributed by atoms with E-state index >= 15 is 0 Å². The fourth-order valence-corrected chi connectivity index (χ4v) is 0.975. The molecule has 70 valence electrons. The molecule has 0 aliphatic heterocycles. The summed E-state index contributed by atoms with van der Waals surface area (Å²) in [5, 5.41) is 11.4. The molecule has 6 N–H and O–H groups in total. The van der Waals surface area contributed by atoms with Crippen molar-refractivity contribution >= 4 is 11.7 Å². The van der Waals surface area contributed by atoms with Crippen molar-refractivity contribution in [2.45, 2.75) is 6.29 Å². The number of carboxylic acids is 1. The minimum Gasteiger partial charge on any atom is -0.478 e. The van der Waals surface area contributed by atoms with E-state index in [9.17, 15) is 4.79 Å². The molecule has 0 aromatic heterocycles. The molecule has 0 bridgehead atoms. The SMILES string of the molecule is NC(N)Nc1ccccc1C(=O)O. The highest BCUT2D eigenvalue weighted by molar-refractivity contribution is 5.94. The third-order valence-electron chi connectivity index (χ3n) is 1.48. The largest absolute Gasteiger partial charge is 0.478 e. The Bertz CT molecular complexity index is 312. The van der Waals surface area contributed by atoms with Crippen LogP contribution in [0.25, 0.3) is 0 Å². The number of rotatable bonds is 3. The van der Waals surface area contributed by atoms with Crippen molar-refractivity contribution in [3.8, 4) is 0 Å². The number of carbonyl (C=O) groups is 1. The predicted molar refractivity (Wildman–Crippen MR) is 49.2 cm³/mol. The van der Waals surface area contributed by atoms with Gasteiger partial charge in [0, 0.05) is 0 Å². The molecule has 5 heteroatoms. The van der Waals surface area contributed by atoms with Gasteiger partial charge < -0.3 is 10.4 Å². The number of aromatic carboxylic acids is 1. The molecule has 0 saturated heterocycles. The van der Waals surface area contributed by atoms with Gasteiger partial charge in [-0.1, -0.05) is 12.1 Å². The van der Waals surface area contributed by atoms with Crippen molar-refractivity contribution in [2.75, 3.05) is 5.32 Å². The quantitative estimate of drug-likeness (QED) is 0.491. The van der Waals surface area contributed by atoms with Crippen LogP contribution in [-0.4, -0.2) is 17.4 Å². The van der Waals surface area contributed by atoms with E-state index in [1.807, 2.05) is 0 Å². The average Bonchev–Trinajstić information content (AvgIpc) is 2.03. The maximum Gasteiger partial charge on any atom is 0.337 e. The molecule has 1 aromatic rings. The summed E-state index contributed by atoms with van der Waals surface area (Å²) < 4.78 is 0. The van der Waals surface area contributed by atoms with E-state index in [-0.39, 0.29) is 5.56 Å². The maximum absolute atomic E-state index is 10.7. The predicted octanol–water partition coefficient (Wildman–Crippen LogP) is -0.00230. The fraction of sp³-hybridized carbons (Fsp3) is 0.125. The summed E-state index contributed by atoms with van der Waals surface area (Å²) in [5.74, 6) is -1.01. The second kappa shape index (κ2) is 3.88. The lowest BCUT2D eigenvalue weighted by Crippen LogP contribution is -2.39. The lowest BCUT2D eigenvalue weighted by atomic mass is 10.2. The van der Waals surface area contributed by atoms with Gasteiger partial charge in [0.15, 0.2) is 0 Å². The van der Waals surface area contributed by atoms with E-state index in [1.165, 1.54) is 6.07 Å². The summed E-state index contributed by atoms with van der Waals surface area (Å²) in [6.07, 6.45) is -0.763. The van der Waals surface area contributed by atoms with Gasteiger partial charge in [-0.15, -0.1) is 0 Å². The number of nitrogens with two attached hydrogens (primary N) is 2. The van der Waals surface area contributed by atoms with Gasteiger partial charge in [0.05, 0.1) is 11.3 Å². The second-order valence-electron chi connectivity index (χ2n) is 2.52. The van der Waals surface area contributed by atoms with E-state index in [0.717, 1.165) is 0 Å². The highest BCUT2D eigenvalue weighted by Crippen LogP contribution is 2.14. The molecule has 1 aromatic carbocycles. The molecule has 0 aliphatic carbocycles. The Morgan fingerprint density at radius 3 is 2.54 bits per heavy atom. The zero-order chi connectivity index (χ0) is 9.84. The Morgan fingerprint density at radius 1 is 1.38 bits per heavy atom. The standard InChI is InChI=1S/C8H11N3O2/c9-8(10)11-6-4-2-1-3-5(6)7(12)13/h1-4,8,11H,9-10H2,(H,12,13). The first kappa shape index (κ1) is 9.50. The van der Waals surface area contributed by atoms with Gasteiger partial charge in [-0.05, 0) is 12.1 Å². The van der Waals surface area contributed by atoms with Crippen LogP contribution < -0.4 is 16.8 Å². The van der Waals surface area contributed by atoms with E-state index in [0.29, 0.717) is 5.69 Å². The summed E-state index contributed by atoms with van der Waals surface area (Å²) in [4.78, 5) is 10.7. The first-order valence-electron chi connectivity index (χ1n) is 3.71. The van der Waals surface area contributed by atoms with E-state index in [2.05, 4.69) is 5.32 Å². The molecule has 0 unspecified atom stereocenters. The second-order valence-corrected chi connectivity index (χ2v) is 2.52. The van der Waals surface area contributed by atoms with Crippen molar-refractivity contribution in [1.82, 2.24) is 0 Å².